The van der Waals surface area contributed by atoms with Crippen LogP contribution in [0.1, 0.15) is 31.2 Å². The molecule has 2 N–H and O–H groups in total. The van der Waals surface area contributed by atoms with E-state index in [9.17, 15) is 0 Å². The quantitative estimate of drug-likeness (QED) is 0.478. The summed E-state index contributed by atoms with van der Waals surface area (Å²) in [5.41, 5.74) is 1.29. The van der Waals surface area contributed by atoms with Gasteiger partial charge in [-0.25, -0.2) is 0 Å². The average Bonchev–Trinajstić information content (AvgIpc) is 3.11. The highest BCUT2D eigenvalue weighted by atomic mass is 32.2. The molecule has 0 spiro atoms. The molecule has 0 bridgehead atoms. The molecule has 1 fully saturated rings. The molecular weight excluding hydrogens is 282 g/mol. The number of hydrogen-bond donors (Lipinski definition) is 2. The molecule has 2 unspecified atom stereocenters. The summed E-state index contributed by atoms with van der Waals surface area (Å²) >= 11 is 1.98. The Hall–Kier alpha value is -1.17. The van der Waals surface area contributed by atoms with Crippen LogP contribution in [0.4, 0.5) is 0 Å². The smallest absolute Gasteiger partial charge is 0.191 e. The highest BCUT2D eigenvalue weighted by Crippen LogP contribution is 2.27. The van der Waals surface area contributed by atoms with Gasteiger partial charge < -0.3 is 10.6 Å². The summed E-state index contributed by atoms with van der Waals surface area (Å²) in [6.45, 7) is 0.938. The van der Waals surface area contributed by atoms with Gasteiger partial charge in [-0.3, -0.25) is 9.67 Å². The van der Waals surface area contributed by atoms with Gasteiger partial charge in [-0.15, -0.1) is 0 Å². The third-order valence-corrected chi connectivity index (χ3v) is 5.07. The van der Waals surface area contributed by atoms with Crippen LogP contribution in [0.15, 0.2) is 17.4 Å². The molecule has 0 aromatic carbocycles. The van der Waals surface area contributed by atoms with E-state index in [2.05, 4.69) is 33.2 Å². The summed E-state index contributed by atoms with van der Waals surface area (Å²) < 4.78 is 1.85. The molecule has 118 valence electrons. The Morgan fingerprint density at radius 1 is 1.52 bits per heavy atom. The Morgan fingerprint density at radius 2 is 2.38 bits per heavy atom. The van der Waals surface area contributed by atoms with Crippen LogP contribution in [0.5, 0.6) is 0 Å². The molecule has 1 aliphatic rings. The number of aromatic nitrogens is 2. The van der Waals surface area contributed by atoms with Gasteiger partial charge in [0.1, 0.15) is 0 Å². The van der Waals surface area contributed by atoms with Crippen LogP contribution < -0.4 is 10.6 Å². The van der Waals surface area contributed by atoms with Crippen LogP contribution >= 0.6 is 11.8 Å². The summed E-state index contributed by atoms with van der Waals surface area (Å²) in [4.78, 5) is 4.32. The van der Waals surface area contributed by atoms with E-state index >= 15 is 0 Å². The lowest BCUT2D eigenvalue weighted by Crippen LogP contribution is -2.42. The fraction of sp³-hybridized carbons (Fsp3) is 0.733. The van der Waals surface area contributed by atoms with E-state index in [4.69, 9.17) is 0 Å². The molecule has 1 saturated carbocycles. The van der Waals surface area contributed by atoms with Crippen molar-refractivity contribution in [2.24, 2.45) is 12.0 Å². The minimum absolute atomic E-state index is 0.576. The predicted molar refractivity (Wildman–Crippen MR) is 91.0 cm³/mol. The highest BCUT2D eigenvalue weighted by Gasteiger charge is 2.24. The zero-order valence-corrected chi connectivity index (χ0v) is 14.1. The number of rotatable bonds is 6. The number of nitrogens with one attached hydrogen (secondary N) is 2. The summed E-state index contributed by atoms with van der Waals surface area (Å²) in [6.07, 6.45) is 12.2. The zero-order valence-electron chi connectivity index (χ0n) is 13.3. The Kier molecular flexibility index (Phi) is 6.42. The minimum Gasteiger partial charge on any atom is -0.356 e. The standard InChI is InChI=1S/C15H27N5S/c1-16-15(19-13-6-7-14(9-13)21-3)17-8-4-5-12-10-18-20(2)11-12/h10-11,13-14H,4-9H2,1-3H3,(H2,16,17,19). The van der Waals surface area contributed by atoms with Crippen molar-refractivity contribution in [2.45, 2.75) is 43.4 Å². The van der Waals surface area contributed by atoms with Crippen molar-refractivity contribution >= 4 is 17.7 Å². The highest BCUT2D eigenvalue weighted by molar-refractivity contribution is 7.99. The summed E-state index contributed by atoms with van der Waals surface area (Å²) in [5.74, 6) is 0.938. The molecule has 21 heavy (non-hydrogen) atoms. The van der Waals surface area contributed by atoms with Gasteiger partial charge in [0.25, 0.3) is 0 Å². The SMILES string of the molecule is CN=C(NCCCc1cnn(C)c1)NC1CCC(SC)C1. The molecule has 1 aromatic heterocycles. The summed E-state index contributed by atoms with van der Waals surface area (Å²) in [6, 6.07) is 0.576. The second kappa shape index (κ2) is 8.32. The molecule has 1 aliphatic carbocycles. The summed E-state index contributed by atoms with van der Waals surface area (Å²) in [5, 5.41) is 12.0. The molecule has 5 nitrogen and oxygen atoms in total. The van der Waals surface area contributed by atoms with Gasteiger partial charge in [-0.1, -0.05) is 0 Å². The monoisotopic (exact) mass is 309 g/mol. The van der Waals surface area contributed by atoms with Crippen LogP contribution in [0.3, 0.4) is 0 Å². The second-order valence-corrected chi connectivity index (χ2v) is 6.77. The van der Waals surface area contributed by atoms with Gasteiger partial charge in [0.15, 0.2) is 5.96 Å². The average molecular weight is 309 g/mol. The van der Waals surface area contributed by atoms with Gasteiger partial charge in [-0.05, 0) is 43.9 Å². The Bertz CT molecular complexity index is 457. The topological polar surface area (TPSA) is 54.2 Å². The summed E-state index contributed by atoms with van der Waals surface area (Å²) in [7, 11) is 3.80. The lowest BCUT2D eigenvalue weighted by atomic mass is 10.2. The zero-order chi connectivity index (χ0) is 15.1. The van der Waals surface area contributed by atoms with Crippen molar-refractivity contribution in [1.29, 1.82) is 0 Å². The van der Waals surface area contributed by atoms with E-state index in [0.29, 0.717) is 6.04 Å². The number of thioether (sulfide) groups is 1. The maximum Gasteiger partial charge on any atom is 0.191 e. The maximum atomic E-state index is 4.32. The molecule has 0 aliphatic heterocycles. The first-order valence-electron chi connectivity index (χ1n) is 7.68. The molecule has 1 aromatic rings. The lowest BCUT2D eigenvalue weighted by Gasteiger charge is -2.17. The molecule has 6 heteroatoms. The van der Waals surface area contributed by atoms with Crippen molar-refractivity contribution in [3.63, 3.8) is 0 Å². The Labute approximate surface area is 132 Å². The normalized spacial score (nSPS) is 22.5. The van der Waals surface area contributed by atoms with Gasteiger partial charge >= 0.3 is 0 Å². The van der Waals surface area contributed by atoms with Crippen molar-refractivity contribution in [1.82, 2.24) is 20.4 Å². The molecular formula is C15H27N5S. The van der Waals surface area contributed by atoms with Crippen molar-refractivity contribution in [3.05, 3.63) is 18.0 Å². The largest absolute Gasteiger partial charge is 0.356 e. The van der Waals surface area contributed by atoms with E-state index < -0.39 is 0 Å². The number of hydrogen-bond acceptors (Lipinski definition) is 3. The fourth-order valence-corrected chi connectivity index (χ4v) is 3.57. The van der Waals surface area contributed by atoms with Crippen LogP contribution in [0.25, 0.3) is 0 Å². The molecule has 2 atom stereocenters. The molecule has 0 amide bonds. The second-order valence-electron chi connectivity index (χ2n) is 5.64. The Balaban J connectivity index is 1.64. The van der Waals surface area contributed by atoms with Crippen molar-refractivity contribution in [3.8, 4) is 0 Å². The first-order chi connectivity index (χ1) is 10.2. The molecule has 0 radical (unpaired) electrons. The Morgan fingerprint density at radius 3 is 3.00 bits per heavy atom. The van der Waals surface area contributed by atoms with E-state index in [-0.39, 0.29) is 0 Å². The van der Waals surface area contributed by atoms with E-state index in [1.807, 2.05) is 36.7 Å². The van der Waals surface area contributed by atoms with Gasteiger partial charge in [0, 0.05) is 38.1 Å². The van der Waals surface area contributed by atoms with E-state index in [1.165, 1.54) is 24.8 Å². The maximum absolute atomic E-state index is 4.32. The van der Waals surface area contributed by atoms with Gasteiger partial charge in [-0.2, -0.15) is 16.9 Å². The first kappa shape index (κ1) is 16.2. The van der Waals surface area contributed by atoms with Crippen LogP contribution in [-0.4, -0.2) is 46.9 Å². The van der Waals surface area contributed by atoms with Gasteiger partial charge in [0.2, 0.25) is 0 Å². The van der Waals surface area contributed by atoms with Crippen molar-refractivity contribution < 1.29 is 0 Å². The van der Waals surface area contributed by atoms with Gasteiger partial charge in [0.05, 0.1) is 6.20 Å². The molecule has 1 heterocycles. The number of nitrogens with zero attached hydrogens (tertiary/aromatic N) is 3. The minimum atomic E-state index is 0.576. The first-order valence-corrected chi connectivity index (χ1v) is 8.97. The van der Waals surface area contributed by atoms with Crippen LogP contribution in [0.2, 0.25) is 0 Å². The van der Waals surface area contributed by atoms with E-state index in [0.717, 1.165) is 30.6 Å². The molecule has 0 saturated heterocycles. The third-order valence-electron chi connectivity index (χ3n) is 3.98. The fourth-order valence-electron chi connectivity index (χ4n) is 2.77. The van der Waals surface area contributed by atoms with E-state index in [1.54, 1.807) is 0 Å². The predicted octanol–water partition coefficient (Wildman–Crippen LogP) is 1.80. The van der Waals surface area contributed by atoms with Crippen molar-refractivity contribution in [2.75, 3.05) is 19.8 Å². The lowest BCUT2D eigenvalue weighted by molar-refractivity contribution is 0.611. The number of aryl methyl sites for hydroxylation is 2. The molecule has 2 rings (SSSR count). The van der Waals surface area contributed by atoms with Crippen LogP contribution in [-0.2, 0) is 13.5 Å². The van der Waals surface area contributed by atoms with Crippen LogP contribution in [0, 0.1) is 0 Å². The number of guanidine groups is 1. The number of aliphatic imine (C=N–C) groups is 1. The third kappa shape index (κ3) is 5.26.